The van der Waals surface area contributed by atoms with Crippen LogP contribution in [0.25, 0.3) is 10.2 Å². The second kappa shape index (κ2) is 8.90. The molecule has 5 rings (SSSR count). The van der Waals surface area contributed by atoms with Gasteiger partial charge in [-0.1, -0.05) is 29.5 Å². The van der Waals surface area contributed by atoms with Crippen molar-refractivity contribution in [1.82, 2.24) is 9.29 Å². The first kappa shape index (κ1) is 21.5. The third-order valence-corrected chi connectivity index (χ3v) is 8.91. The summed E-state index contributed by atoms with van der Waals surface area (Å²) < 4.78 is 34.3. The second-order valence-corrected chi connectivity index (χ2v) is 11.1. The van der Waals surface area contributed by atoms with Gasteiger partial charge in [0.1, 0.15) is 0 Å². The van der Waals surface area contributed by atoms with Crippen molar-refractivity contribution in [3.05, 3.63) is 54.1 Å². The standard InChI is InChI=1S/C23H25N3O4S2/c27-22(17-7-5-9-19(15-17)32(28,29)25-12-3-4-13-25)26(16-18-8-6-14-30-18)23-24-20-10-1-2-11-21(20)31-23/h1-2,5,7,9-11,15,18H,3-4,6,8,12-14,16H2. The predicted molar refractivity (Wildman–Crippen MR) is 125 cm³/mol. The molecule has 0 bridgehead atoms. The molecule has 32 heavy (non-hydrogen) atoms. The fourth-order valence-corrected chi connectivity index (χ4v) is 6.77. The van der Waals surface area contributed by atoms with Gasteiger partial charge >= 0.3 is 0 Å². The van der Waals surface area contributed by atoms with Crippen molar-refractivity contribution in [3.63, 3.8) is 0 Å². The lowest BCUT2D eigenvalue weighted by Crippen LogP contribution is -2.37. The van der Waals surface area contributed by atoms with Crippen molar-refractivity contribution in [3.8, 4) is 0 Å². The first-order chi connectivity index (χ1) is 15.5. The molecule has 2 fully saturated rings. The summed E-state index contributed by atoms with van der Waals surface area (Å²) >= 11 is 1.45. The number of hydrogen-bond donors (Lipinski definition) is 0. The fourth-order valence-electron chi connectivity index (χ4n) is 4.24. The molecular weight excluding hydrogens is 446 g/mol. The van der Waals surface area contributed by atoms with Crippen LogP contribution in [0.1, 0.15) is 36.0 Å². The van der Waals surface area contributed by atoms with E-state index in [2.05, 4.69) is 4.98 Å². The summed E-state index contributed by atoms with van der Waals surface area (Å²) in [6.07, 6.45) is 3.53. The van der Waals surface area contributed by atoms with E-state index in [4.69, 9.17) is 4.74 Å². The number of hydrogen-bond acceptors (Lipinski definition) is 6. The minimum Gasteiger partial charge on any atom is -0.376 e. The number of carbonyl (C=O) groups is 1. The smallest absolute Gasteiger partial charge is 0.260 e. The average Bonchev–Trinajstić information content (AvgIpc) is 3.58. The summed E-state index contributed by atoms with van der Waals surface area (Å²) in [5.74, 6) is -0.266. The Kier molecular flexibility index (Phi) is 5.98. The number of fused-ring (bicyclic) bond motifs is 1. The molecule has 0 saturated carbocycles. The quantitative estimate of drug-likeness (QED) is 0.545. The van der Waals surface area contributed by atoms with Crippen molar-refractivity contribution in [2.24, 2.45) is 0 Å². The van der Waals surface area contributed by atoms with Gasteiger partial charge in [0.15, 0.2) is 5.13 Å². The number of anilines is 1. The van der Waals surface area contributed by atoms with E-state index < -0.39 is 10.0 Å². The molecule has 1 amide bonds. The molecule has 2 saturated heterocycles. The van der Waals surface area contributed by atoms with Crippen LogP contribution < -0.4 is 4.90 Å². The van der Waals surface area contributed by atoms with Gasteiger partial charge in [-0.15, -0.1) is 0 Å². The third-order valence-electron chi connectivity index (χ3n) is 5.95. The summed E-state index contributed by atoms with van der Waals surface area (Å²) in [6, 6.07) is 14.1. The van der Waals surface area contributed by atoms with Gasteiger partial charge in [-0.3, -0.25) is 9.69 Å². The monoisotopic (exact) mass is 471 g/mol. The van der Waals surface area contributed by atoms with Gasteiger partial charge < -0.3 is 4.74 Å². The van der Waals surface area contributed by atoms with Crippen LogP contribution in [-0.4, -0.2) is 56.0 Å². The summed E-state index contributed by atoms with van der Waals surface area (Å²) in [4.78, 5) is 20.1. The summed E-state index contributed by atoms with van der Waals surface area (Å²) in [5, 5.41) is 0.597. The maximum absolute atomic E-state index is 13.6. The van der Waals surface area contributed by atoms with Crippen LogP contribution in [-0.2, 0) is 14.8 Å². The minimum absolute atomic E-state index is 0.0533. The lowest BCUT2D eigenvalue weighted by atomic mass is 10.2. The number of benzene rings is 2. The van der Waals surface area contributed by atoms with Crippen molar-refractivity contribution < 1.29 is 17.9 Å². The van der Waals surface area contributed by atoms with Gasteiger partial charge in [0.25, 0.3) is 5.91 Å². The molecule has 2 aromatic carbocycles. The van der Waals surface area contributed by atoms with Crippen LogP contribution in [0.15, 0.2) is 53.4 Å². The molecule has 168 valence electrons. The van der Waals surface area contributed by atoms with Gasteiger partial charge in [-0.05, 0) is 56.0 Å². The Hall–Kier alpha value is -2.33. The number of sulfonamides is 1. The van der Waals surface area contributed by atoms with Crippen molar-refractivity contribution >= 4 is 42.6 Å². The Balaban J connectivity index is 1.49. The summed E-state index contributed by atoms with van der Waals surface area (Å²) in [5.41, 5.74) is 1.17. The van der Waals surface area contributed by atoms with Crippen molar-refractivity contribution in [2.45, 2.75) is 36.7 Å². The van der Waals surface area contributed by atoms with E-state index in [1.807, 2.05) is 24.3 Å². The van der Waals surface area contributed by atoms with E-state index in [0.717, 1.165) is 35.9 Å². The predicted octanol–water partition coefficient (Wildman–Crippen LogP) is 3.91. The van der Waals surface area contributed by atoms with E-state index in [1.165, 1.54) is 21.7 Å². The zero-order chi connectivity index (χ0) is 22.1. The SMILES string of the molecule is O=C(c1cccc(S(=O)(=O)N2CCCC2)c1)N(CC1CCCO1)c1nc2ccccc2s1. The number of ether oxygens (including phenoxy) is 1. The molecule has 9 heteroatoms. The van der Waals surface area contributed by atoms with Crippen LogP contribution in [0.4, 0.5) is 5.13 Å². The molecule has 3 heterocycles. The highest BCUT2D eigenvalue weighted by molar-refractivity contribution is 7.89. The molecular formula is C23H25N3O4S2. The Morgan fingerprint density at radius 3 is 2.69 bits per heavy atom. The Labute approximate surface area is 191 Å². The van der Waals surface area contributed by atoms with E-state index in [9.17, 15) is 13.2 Å². The topological polar surface area (TPSA) is 79.8 Å². The van der Waals surface area contributed by atoms with E-state index in [1.54, 1.807) is 23.1 Å². The van der Waals surface area contributed by atoms with Crippen molar-refractivity contribution in [2.75, 3.05) is 31.1 Å². The van der Waals surface area contributed by atoms with Gasteiger partial charge in [-0.25, -0.2) is 13.4 Å². The molecule has 7 nitrogen and oxygen atoms in total. The van der Waals surface area contributed by atoms with E-state index in [-0.39, 0.29) is 16.9 Å². The number of thiazole rings is 1. The Bertz CT molecular complexity index is 1200. The van der Waals surface area contributed by atoms with Crippen molar-refractivity contribution in [1.29, 1.82) is 0 Å². The molecule has 1 unspecified atom stereocenters. The zero-order valence-electron chi connectivity index (χ0n) is 17.6. The number of aromatic nitrogens is 1. The molecule has 1 aromatic heterocycles. The molecule has 1 atom stereocenters. The number of nitrogens with zero attached hydrogens (tertiary/aromatic N) is 3. The third kappa shape index (κ3) is 4.17. The molecule has 0 spiro atoms. The first-order valence-electron chi connectivity index (χ1n) is 10.9. The van der Waals surface area contributed by atoms with Gasteiger partial charge in [-0.2, -0.15) is 4.31 Å². The molecule has 0 radical (unpaired) electrons. The van der Waals surface area contributed by atoms with E-state index in [0.29, 0.717) is 36.9 Å². The van der Waals surface area contributed by atoms with Crippen LogP contribution >= 0.6 is 11.3 Å². The number of amides is 1. The lowest BCUT2D eigenvalue weighted by molar-refractivity contribution is 0.0917. The molecule has 2 aliphatic rings. The molecule has 2 aliphatic heterocycles. The number of carbonyl (C=O) groups excluding carboxylic acids is 1. The second-order valence-electron chi connectivity index (χ2n) is 8.15. The maximum atomic E-state index is 13.6. The molecule has 3 aromatic rings. The Morgan fingerprint density at radius 2 is 1.94 bits per heavy atom. The fraction of sp³-hybridized carbons (Fsp3) is 0.391. The minimum atomic E-state index is -3.60. The summed E-state index contributed by atoms with van der Waals surface area (Å²) in [7, 11) is -3.60. The zero-order valence-corrected chi connectivity index (χ0v) is 19.3. The highest BCUT2D eigenvalue weighted by atomic mass is 32.2. The van der Waals surface area contributed by atoms with Crippen LogP contribution in [0.5, 0.6) is 0 Å². The number of rotatable bonds is 6. The summed E-state index contributed by atoms with van der Waals surface area (Å²) in [6.45, 7) is 2.13. The van der Waals surface area contributed by atoms with Crippen LogP contribution in [0.2, 0.25) is 0 Å². The highest BCUT2D eigenvalue weighted by Gasteiger charge is 2.30. The Morgan fingerprint density at radius 1 is 1.12 bits per heavy atom. The molecule has 0 aliphatic carbocycles. The van der Waals surface area contributed by atoms with Crippen LogP contribution in [0, 0.1) is 0 Å². The first-order valence-corrected chi connectivity index (χ1v) is 13.2. The lowest BCUT2D eigenvalue weighted by Gasteiger charge is -2.23. The maximum Gasteiger partial charge on any atom is 0.260 e. The average molecular weight is 472 g/mol. The van der Waals surface area contributed by atoms with Gasteiger partial charge in [0.05, 0.1) is 27.8 Å². The van der Waals surface area contributed by atoms with Crippen LogP contribution in [0.3, 0.4) is 0 Å². The normalized spacial score (nSPS) is 19.6. The largest absolute Gasteiger partial charge is 0.376 e. The van der Waals surface area contributed by atoms with Gasteiger partial charge in [0, 0.05) is 25.3 Å². The van der Waals surface area contributed by atoms with E-state index >= 15 is 0 Å². The number of para-hydroxylation sites is 1. The highest BCUT2D eigenvalue weighted by Crippen LogP contribution is 2.31. The van der Waals surface area contributed by atoms with Gasteiger partial charge in [0.2, 0.25) is 10.0 Å². The molecule has 0 N–H and O–H groups in total.